The number of hydrogen-bond donors (Lipinski definition) is 1. The summed E-state index contributed by atoms with van der Waals surface area (Å²) in [4.78, 5) is 18.8. The summed E-state index contributed by atoms with van der Waals surface area (Å²) in [5.41, 5.74) is 6.24. The number of carbonyl (C=O) groups is 1. The fourth-order valence-corrected chi connectivity index (χ4v) is 4.42. The molecule has 6 nitrogen and oxygen atoms in total. The molecule has 30 heavy (non-hydrogen) atoms. The lowest BCUT2D eigenvalue weighted by molar-refractivity contribution is -0.0470. The summed E-state index contributed by atoms with van der Waals surface area (Å²) in [6.45, 7) is 4.14. The quantitative estimate of drug-likeness (QED) is 0.704. The Morgan fingerprint density at radius 2 is 2.13 bits per heavy atom. The van der Waals surface area contributed by atoms with Gasteiger partial charge >= 0.3 is 0 Å². The zero-order chi connectivity index (χ0) is 21.1. The topological polar surface area (TPSA) is 72.3 Å². The molecule has 2 aliphatic rings. The normalized spacial score (nSPS) is 24.8. The molecule has 2 heterocycles. The molecule has 0 radical (unpaired) electrons. The van der Waals surface area contributed by atoms with E-state index in [1.54, 1.807) is 13.2 Å². The Morgan fingerprint density at radius 3 is 2.83 bits per heavy atom. The van der Waals surface area contributed by atoms with E-state index in [1.807, 2.05) is 42.6 Å². The lowest BCUT2D eigenvalue weighted by Gasteiger charge is -2.34. The maximum absolute atomic E-state index is 12.2. The number of methoxy groups -OCH3 is 1. The van der Waals surface area contributed by atoms with Gasteiger partial charge in [0.1, 0.15) is 11.4 Å². The van der Waals surface area contributed by atoms with Crippen molar-refractivity contribution in [1.29, 1.82) is 0 Å². The first-order valence-electron chi connectivity index (χ1n) is 9.95. The largest absolute Gasteiger partial charge is 0.497 e. The predicted molar refractivity (Wildman–Crippen MR) is 119 cm³/mol. The maximum atomic E-state index is 12.2. The molecular weight excluding hydrogens is 398 g/mol. The number of nitrogens with one attached hydrogen (secondary N) is 1. The number of thiophene rings is 1. The van der Waals surface area contributed by atoms with E-state index in [-0.39, 0.29) is 11.8 Å². The molecule has 1 aliphatic carbocycles. The summed E-state index contributed by atoms with van der Waals surface area (Å²) in [6, 6.07) is 11.5. The minimum absolute atomic E-state index is 0.180. The highest BCUT2D eigenvalue weighted by atomic mass is 32.1. The van der Waals surface area contributed by atoms with E-state index in [2.05, 4.69) is 28.7 Å². The van der Waals surface area contributed by atoms with Crippen molar-refractivity contribution >= 4 is 28.7 Å². The number of oxime groups is 1. The molecule has 0 fully saturated rings. The van der Waals surface area contributed by atoms with Gasteiger partial charge in [-0.25, -0.2) is 5.43 Å². The van der Waals surface area contributed by atoms with Crippen molar-refractivity contribution in [2.75, 3.05) is 7.11 Å². The molecule has 1 N–H and O–H groups in total. The molecule has 4 rings (SSSR count). The van der Waals surface area contributed by atoms with Gasteiger partial charge in [0.2, 0.25) is 0 Å². The zero-order valence-corrected chi connectivity index (χ0v) is 18.2. The van der Waals surface area contributed by atoms with Gasteiger partial charge in [-0.3, -0.25) is 4.79 Å². The summed E-state index contributed by atoms with van der Waals surface area (Å²) >= 11 is 1.40. The van der Waals surface area contributed by atoms with Crippen LogP contribution < -0.4 is 10.2 Å². The van der Waals surface area contributed by atoms with Crippen molar-refractivity contribution in [2.24, 2.45) is 16.2 Å². The number of ether oxygens (including phenoxy) is 1. The van der Waals surface area contributed by atoms with Crippen molar-refractivity contribution in [3.8, 4) is 5.75 Å². The second-order valence-corrected chi connectivity index (χ2v) is 8.80. The van der Waals surface area contributed by atoms with Gasteiger partial charge in [-0.1, -0.05) is 17.3 Å². The van der Waals surface area contributed by atoms with Crippen LogP contribution >= 0.6 is 11.3 Å². The number of allylic oxidation sites excluding steroid dienone is 2. The van der Waals surface area contributed by atoms with E-state index in [0.29, 0.717) is 4.88 Å². The summed E-state index contributed by atoms with van der Waals surface area (Å²) in [6.07, 6.45) is 4.52. The monoisotopic (exact) mass is 423 g/mol. The van der Waals surface area contributed by atoms with Crippen molar-refractivity contribution in [3.05, 3.63) is 63.9 Å². The van der Waals surface area contributed by atoms with Crippen molar-refractivity contribution < 1.29 is 14.4 Å². The molecule has 1 aromatic heterocycles. The third-order valence-corrected chi connectivity index (χ3v) is 6.68. The van der Waals surface area contributed by atoms with Crippen molar-refractivity contribution in [2.45, 2.75) is 38.7 Å². The molecule has 0 bridgehead atoms. The Bertz CT molecular complexity index is 1010. The smallest absolute Gasteiger partial charge is 0.281 e. The molecule has 1 aliphatic heterocycles. The number of hydrogen-bond acceptors (Lipinski definition) is 6. The van der Waals surface area contributed by atoms with Crippen LogP contribution in [0, 0.1) is 5.92 Å². The maximum Gasteiger partial charge on any atom is 0.281 e. The van der Waals surface area contributed by atoms with Gasteiger partial charge in [-0.15, -0.1) is 11.3 Å². The van der Waals surface area contributed by atoms with Crippen molar-refractivity contribution in [1.82, 2.24) is 5.43 Å². The van der Waals surface area contributed by atoms with E-state index in [4.69, 9.17) is 9.57 Å². The Kier molecular flexibility index (Phi) is 5.72. The predicted octanol–water partition coefficient (Wildman–Crippen LogP) is 4.78. The number of benzene rings is 1. The second-order valence-electron chi connectivity index (χ2n) is 7.85. The molecule has 2 atom stereocenters. The lowest BCUT2D eigenvalue weighted by atomic mass is 9.75. The van der Waals surface area contributed by atoms with E-state index >= 15 is 0 Å². The number of carbonyl (C=O) groups excluding carboxylic acids is 1. The number of nitrogens with zero attached hydrogens (tertiary/aromatic N) is 2. The molecule has 0 saturated carbocycles. The molecule has 2 aromatic rings. The Hall–Kier alpha value is -2.93. The zero-order valence-electron chi connectivity index (χ0n) is 17.3. The van der Waals surface area contributed by atoms with Gasteiger partial charge in [0.15, 0.2) is 0 Å². The Morgan fingerprint density at radius 1 is 1.33 bits per heavy atom. The summed E-state index contributed by atoms with van der Waals surface area (Å²) in [5, 5.41) is 10.7. The van der Waals surface area contributed by atoms with Crippen LogP contribution in [0.4, 0.5) is 0 Å². The molecule has 7 heteroatoms. The van der Waals surface area contributed by atoms with E-state index < -0.39 is 5.60 Å². The minimum atomic E-state index is -0.412. The molecule has 0 spiro atoms. The highest BCUT2D eigenvalue weighted by Gasteiger charge is 2.43. The van der Waals surface area contributed by atoms with E-state index in [9.17, 15) is 4.79 Å². The first kappa shape index (κ1) is 20.3. The minimum Gasteiger partial charge on any atom is -0.497 e. The van der Waals surface area contributed by atoms with Crippen LogP contribution in [-0.2, 0) is 4.84 Å². The average Bonchev–Trinajstić information content (AvgIpc) is 3.44. The van der Waals surface area contributed by atoms with Gasteiger partial charge in [0.05, 0.1) is 23.4 Å². The van der Waals surface area contributed by atoms with Crippen LogP contribution in [0.25, 0.3) is 0 Å². The SMILES string of the molecule is COc1ccc(C2=NO[C@@](C)([C@H]3CC=C(C)/C(=N/NC(=O)c4cccs4)C3)C2)cc1. The molecule has 0 saturated heterocycles. The highest BCUT2D eigenvalue weighted by Crippen LogP contribution is 2.40. The number of amides is 1. The third-order valence-electron chi connectivity index (χ3n) is 5.81. The molecule has 0 unspecified atom stereocenters. The lowest BCUT2D eigenvalue weighted by Crippen LogP contribution is -2.38. The van der Waals surface area contributed by atoms with Crippen LogP contribution in [0.1, 0.15) is 48.3 Å². The standard InChI is InChI=1S/C23H25N3O3S/c1-15-6-9-17(13-19(15)24-25-22(27)21-5-4-12-30-21)23(2)14-20(26-29-23)16-7-10-18(28-3)11-8-16/h4-8,10-12,17H,9,13-14H2,1-3H3,(H,25,27)/b24-19+/t17-,23+/m0/s1. The van der Waals surface area contributed by atoms with Crippen LogP contribution in [0.15, 0.2) is 63.7 Å². The fourth-order valence-electron chi connectivity index (χ4n) is 3.81. The molecule has 156 valence electrons. The van der Waals surface area contributed by atoms with Crippen LogP contribution in [0.3, 0.4) is 0 Å². The van der Waals surface area contributed by atoms with E-state index in [0.717, 1.165) is 47.6 Å². The summed E-state index contributed by atoms with van der Waals surface area (Å²) in [5.74, 6) is 0.860. The van der Waals surface area contributed by atoms with Crippen LogP contribution in [-0.4, -0.2) is 30.0 Å². The third kappa shape index (κ3) is 4.16. The van der Waals surface area contributed by atoms with E-state index in [1.165, 1.54) is 11.3 Å². The summed E-state index contributed by atoms with van der Waals surface area (Å²) in [7, 11) is 1.66. The Labute approximate surface area is 180 Å². The number of rotatable bonds is 5. The average molecular weight is 424 g/mol. The van der Waals surface area contributed by atoms with Gasteiger partial charge in [-0.05, 0) is 73.5 Å². The molecular formula is C23H25N3O3S. The van der Waals surface area contributed by atoms with Gasteiger partial charge in [-0.2, -0.15) is 5.10 Å². The van der Waals surface area contributed by atoms with Gasteiger partial charge < -0.3 is 9.57 Å². The fraction of sp³-hybridized carbons (Fsp3) is 0.348. The van der Waals surface area contributed by atoms with Crippen LogP contribution in [0.2, 0.25) is 0 Å². The van der Waals surface area contributed by atoms with Gasteiger partial charge in [0.25, 0.3) is 5.91 Å². The second kappa shape index (κ2) is 8.44. The first-order valence-corrected chi connectivity index (χ1v) is 10.8. The number of hydrazone groups is 1. The molecule has 1 amide bonds. The highest BCUT2D eigenvalue weighted by molar-refractivity contribution is 7.12. The first-order chi connectivity index (χ1) is 14.5. The van der Waals surface area contributed by atoms with Gasteiger partial charge in [0, 0.05) is 12.3 Å². The van der Waals surface area contributed by atoms with Crippen molar-refractivity contribution in [3.63, 3.8) is 0 Å². The Balaban J connectivity index is 1.44. The summed E-state index contributed by atoms with van der Waals surface area (Å²) < 4.78 is 5.23. The molecule has 1 aromatic carbocycles. The van der Waals surface area contributed by atoms with Crippen LogP contribution in [0.5, 0.6) is 5.75 Å².